The smallest absolute Gasteiger partial charge is 0.332 e. The van der Waals surface area contributed by atoms with E-state index in [-0.39, 0.29) is 41.8 Å². The summed E-state index contributed by atoms with van der Waals surface area (Å²) in [5.74, 6) is -2.24. The second-order valence-electron chi connectivity index (χ2n) is 8.58. The van der Waals surface area contributed by atoms with Gasteiger partial charge in [0.05, 0.1) is 30.3 Å². The minimum Gasteiger partial charge on any atom is -0.481 e. The van der Waals surface area contributed by atoms with Gasteiger partial charge in [0.25, 0.3) is 5.91 Å². The lowest BCUT2D eigenvalue weighted by Crippen LogP contribution is -2.54. The number of halogens is 2. The molecule has 2 heterocycles. The molecule has 0 bridgehead atoms. The van der Waals surface area contributed by atoms with Crippen LogP contribution in [-0.4, -0.2) is 71.1 Å². The number of likely N-dealkylation sites (N-methyl/N-ethyl adjacent to an activating group) is 1. The second kappa shape index (κ2) is 9.68. The molecule has 2 aliphatic heterocycles. The molecule has 2 N–H and O–H groups in total. The van der Waals surface area contributed by atoms with E-state index in [9.17, 15) is 24.4 Å². The fraction of sp³-hybridized carbons (Fsp3) is 0.292. The molecule has 0 aliphatic carbocycles. The van der Waals surface area contributed by atoms with E-state index in [4.69, 9.17) is 28.3 Å². The van der Waals surface area contributed by atoms with Gasteiger partial charge < -0.3 is 20.2 Å². The summed E-state index contributed by atoms with van der Waals surface area (Å²) in [6, 6.07) is 11.9. The van der Waals surface area contributed by atoms with E-state index in [1.165, 1.54) is 35.0 Å². The van der Waals surface area contributed by atoms with Crippen LogP contribution in [0.15, 0.2) is 42.5 Å². The summed E-state index contributed by atoms with van der Waals surface area (Å²) in [7, 11) is 1.49. The van der Waals surface area contributed by atoms with Crippen molar-refractivity contribution in [1.82, 2.24) is 15.1 Å². The van der Waals surface area contributed by atoms with Crippen molar-refractivity contribution in [2.45, 2.75) is 17.9 Å². The molecule has 2 aromatic carbocycles. The first-order chi connectivity index (χ1) is 17.1. The molecule has 5 amide bonds. The summed E-state index contributed by atoms with van der Waals surface area (Å²) in [6.45, 7) is -0.129. The first-order valence-electron chi connectivity index (χ1n) is 10.9. The van der Waals surface area contributed by atoms with E-state index in [1.54, 1.807) is 24.3 Å². The number of hydrogen-bond acceptors (Lipinski definition) is 5. The van der Waals surface area contributed by atoms with Crippen molar-refractivity contribution in [2.24, 2.45) is 0 Å². The fourth-order valence-corrected chi connectivity index (χ4v) is 5.26. The summed E-state index contributed by atoms with van der Waals surface area (Å²) >= 11 is 12.2. The summed E-state index contributed by atoms with van der Waals surface area (Å²) in [5, 5.41) is 21.1. The zero-order chi connectivity index (χ0) is 26.2. The van der Waals surface area contributed by atoms with Gasteiger partial charge in [0, 0.05) is 36.1 Å². The summed E-state index contributed by atoms with van der Waals surface area (Å²) < 4.78 is 0. The van der Waals surface area contributed by atoms with E-state index in [2.05, 4.69) is 5.32 Å². The number of carbonyl (C=O) groups is 4. The molecule has 0 saturated carbocycles. The number of carbonyl (C=O) groups excluding carboxylic acids is 3. The molecule has 2 atom stereocenters. The van der Waals surface area contributed by atoms with Crippen molar-refractivity contribution in [1.29, 1.82) is 5.26 Å². The molecule has 0 aromatic heterocycles. The standard InChI is InChI=1S/C24H21Cl2N5O5/c1-29-23(36)31(18-9-16(25)8-17(26)10-18)21(34)24(29)13-30(22(35)28-7-6-20(32)33)12-19(24)15-4-2-14(11-27)3-5-15/h2-5,8-10,19H,6-7,12-13H2,1H3,(H,28,35)(H,32,33). The molecule has 2 unspecified atom stereocenters. The van der Waals surface area contributed by atoms with Crippen LogP contribution in [-0.2, 0) is 9.59 Å². The molecular formula is C24H21Cl2N5O5. The molecule has 12 heteroatoms. The van der Waals surface area contributed by atoms with Gasteiger partial charge in [-0.3, -0.25) is 9.59 Å². The summed E-state index contributed by atoms with van der Waals surface area (Å²) in [5.41, 5.74) is -0.168. The van der Waals surface area contributed by atoms with Crippen molar-refractivity contribution in [3.8, 4) is 6.07 Å². The van der Waals surface area contributed by atoms with Crippen molar-refractivity contribution in [2.75, 3.05) is 31.6 Å². The molecular weight excluding hydrogens is 509 g/mol. The van der Waals surface area contributed by atoms with Crippen LogP contribution < -0.4 is 10.2 Å². The number of rotatable bonds is 5. The van der Waals surface area contributed by atoms with E-state index in [1.807, 2.05) is 6.07 Å². The van der Waals surface area contributed by atoms with E-state index < -0.39 is 35.4 Å². The molecule has 0 radical (unpaired) electrons. The maximum Gasteiger partial charge on any atom is 0.332 e. The van der Waals surface area contributed by atoms with Crippen LogP contribution in [0.4, 0.5) is 15.3 Å². The quantitative estimate of drug-likeness (QED) is 0.570. The van der Waals surface area contributed by atoms with Gasteiger partial charge in [-0.15, -0.1) is 0 Å². The molecule has 2 aromatic rings. The van der Waals surface area contributed by atoms with Gasteiger partial charge in [-0.25, -0.2) is 14.5 Å². The highest BCUT2D eigenvalue weighted by Crippen LogP contribution is 2.46. The molecule has 4 rings (SSSR count). The lowest BCUT2D eigenvalue weighted by molar-refractivity contribution is -0.136. The summed E-state index contributed by atoms with van der Waals surface area (Å²) in [6.07, 6.45) is -0.260. The van der Waals surface area contributed by atoms with Crippen LogP contribution >= 0.6 is 23.2 Å². The number of nitrogens with one attached hydrogen (secondary N) is 1. The van der Waals surface area contributed by atoms with Gasteiger partial charge in [-0.2, -0.15) is 5.26 Å². The Morgan fingerprint density at radius 1 is 1.17 bits per heavy atom. The van der Waals surface area contributed by atoms with Crippen LogP contribution in [0, 0.1) is 11.3 Å². The van der Waals surface area contributed by atoms with Gasteiger partial charge in [0.1, 0.15) is 5.54 Å². The third kappa shape index (κ3) is 4.32. The zero-order valence-electron chi connectivity index (χ0n) is 19.1. The number of carboxylic acid groups (broad SMARTS) is 1. The largest absolute Gasteiger partial charge is 0.481 e. The summed E-state index contributed by atoms with van der Waals surface area (Å²) in [4.78, 5) is 54.9. The predicted octanol–water partition coefficient (Wildman–Crippen LogP) is 3.29. The Morgan fingerprint density at radius 2 is 1.81 bits per heavy atom. The maximum atomic E-state index is 14.0. The number of likely N-dealkylation sites (tertiary alicyclic amines) is 1. The Bertz CT molecular complexity index is 1270. The Balaban J connectivity index is 1.75. The van der Waals surface area contributed by atoms with Crippen molar-refractivity contribution < 1.29 is 24.3 Å². The zero-order valence-corrected chi connectivity index (χ0v) is 20.6. The van der Waals surface area contributed by atoms with Crippen LogP contribution in [0.3, 0.4) is 0 Å². The second-order valence-corrected chi connectivity index (χ2v) is 9.45. The van der Waals surface area contributed by atoms with Gasteiger partial charge >= 0.3 is 18.0 Å². The molecule has 1 spiro atoms. The Hall–Kier alpha value is -3.81. The Kier molecular flexibility index (Phi) is 6.80. The number of nitrogens with zero attached hydrogens (tertiary/aromatic N) is 4. The number of anilines is 1. The average Bonchev–Trinajstić information content (AvgIpc) is 3.32. The predicted molar refractivity (Wildman–Crippen MR) is 131 cm³/mol. The van der Waals surface area contributed by atoms with Crippen LogP contribution in [0.25, 0.3) is 0 Å². The van der Waals surface area contributed by atoms with E-state index in [0.29, 0.717) is 11.1 Å². The molecule has 36 heavy (non-hydrogen) atoms. The molecule has 10 nitrogen and oxygen atoms in total. The topological polar surface area (TPSA) is 134 Å². The Morgan fingerprint density at radius 3 is 2.39 bits per heavy atom. The first-order valence-corrected chi connectivity index (χ1v) is 11.7. The van der Waals surface area contributed by atoms with Crippen LogP contribution in [0.5, 0.6) is 0 Å². The van der Waals surface area contributed by atoms with E-state index >= 15 is 0 Å². The van der Waals surface area contributed by atoms with Gasteiger partial charge in [0.2, 0.25) is 0 Å². The van der Waals surface area contributed by atoms with Crippen molar-refractivity contribution in [3.05, 3.63) is 63.6 Å². The van der Waals surface area contributed by atoms with Crippen LogP contribution in [0.2, 0.25) is 10.0 Å². The normalized spacial score (nSPS) is 21.3. The third-order valence-electron chi connectivity index (χ3n) is 6.51. The number of aliphatic carboxylic acids is 1. The van der Waals surface area contributed by atoms with Crippen LogP contribution in [0.1, 0.15) is 23.5 Å². The number of hydrogen-bond donors (Lipinski definition) is 2. The number of imide groups is 1. The fourth-order valence-electron chi connectivity index (χ4n) is 4.75. The number of urea groups is 2. The molecule has 2 fully saturated rings. The Labute approximate surface area is 216 Å². The number of benzene rings is 2. The third-order valence-corrected chi connectivity index (χ3v) is 6.95. The number of carboxylic acids is 1. The highest BCUT2D eigenvalue weighted by Gasteiger charge is 2.65. The molecule has 2 saturated heterocycles. The highest BCUT2D eigenvalue weighted by molar-refractivity contribution is 6.35. The lowest BCUT2D eigenvalue weighted by atomic mass is 9.80. The highest BCUT2D eigenvalue weighted by atomic mass is 35.5. The monoisotopic (exact) mass is 529 g/mol. The van der Waals surface area contributed by atoms with Gasteiger partial charge in [-0.05, 0) is 35.9 Å². The number of amides is 5. The van der Waals surface area contributed by atoms with Gasteiger partial charge in [0.15, 0.2) is 0 Å². The van der Waals surface area contributed by atoms with E-state index in [0.717, 1.165) is 4.90 Å². The average molecular weight is 530 g/mol. The van der Waals surface area contributed by atoms with Gasteiger partial charge in [-0.1, -0.05) is 35.3 Å². The lowest BCUT2D eigenvalue weighted by Gasteiger charge is -2.33. The minimum absolute atomic E-state index is 0.0817. The first kappa shape index (κ1) is 25.3. The number of nitriles is 1. The van der Waals surface area contributed by atoms with Crippen molar-refractivity contribution >= 4 is 52.8 Å². The van der Waals surface area contributed by atoms with Crippen molar-refractivity contribution in [3.63, 3.8) is 0 Å². The minimum atomic E-state index is -1.45. The molecule has 2 aliphatic rings. The maximum absolute atomic E-state index is 14.0. The molecule has 186 valence electrons. The SMILES string of the molecule is CN1C(=O)N(c2cc(Cl)cc(Cl)c2)C(=O)C12CN(C(=O)NCCC(=O)O)CC2c1ccc(C#N)cc1.